The van der Waals surface area contributed by atoms with E-state index in [1.54, 1.807) is 0 Å². The van der Waals surface area contributed by atoms with Crippen LogP contribution in [0.4, 0.5) is 0 Å². The van der Waals surface area contributed by atoms with Crippen molar-refractivity contribution in [1.29, 1.82) is 0 Å². The van der Waals surface area contributed by atoms with E-state index in [9.17, 15) is 0 Å². The first kappa shape index (κ1) is 9.46. The van der Waals surface area contributed by atoms with Gasteiger partial charge in [0.05, 0.1) is 12.2 Å². The van der Waals surface area contributed by atoms with Gasteiger partial charge in [-0.1, -0.05) is 11.6 Å². The Bertz CT molecular complexity index is 349. The third kappa shape index (κ3) is 1.87. The molecule has 0 saturated heterocycles. The lowest BCUT2D eigenvalue weighted by atomic mass is 10.2. The van der Waals surface area contributed by atoms with E-state index in [4.69, 9.17) is 5.73 Å². The average molecular weight is 191 g/mol. The third-order valence-corrected chi connectivity index (χ3v) is 2.77. The van der Waals surface area contributed by atoms with Crippen molar-refractivity contribution in [1.82, 2.24) is 9.78 Å². The van der Waals surface area contributed by atoms with Crippen LogP contribution in [-0.2, 0) is 13.1 Å². The molecule has 14 heavy (non-hydrogen) atoms. The highest BCUT2D eigenvalue weighted by atomic mass is 15.3. The molecule has 0 spiro atoms. The summed E-state index contributed by atoms with van der Waals surface area (Å²) in [7, 11) is 0. The van der Waals surface area contributed by atoms with Gasteiger partial charge < -0.3 is 5.73 Å². The molecular weight excluding hydrogens is 174 g/mol. The van der Waals surface area contributed by atoms with Gasteiger partial charge in [0, 0.05) is 18.3 Å². The summed E-state index contributed by atoms with van der Waals surface area (Å²) in [6, 6.07) is 0. The highest BCUT2D eigenvalue weighted by molar-refractivity contribution is 5.16. The summed E-state index contributed by atoms with van der Waals surface area (Å²) in [4.78, 5) is 0. The second kappa shape index (κ2) is 3.96. The van der Waals surface area contributed by atoms with Gasteiger partial charge in [0.15, 0.2) is 0 Å². The van der Waals surface area contributed by atoms with Gasteiger partial charge in [-0.15, -0.1) is 0 Å². The maximum atomic E-state index is 5.60. The predicted octanol–water partition coefficient (Wildman–Crippen LogP) is 1.76. The van der Waals surface area contributed by atoms with Crippen LogP contribution in [0, 0.1) is 6.92 Å². The number of hydrogen-bond donors (Lipinski definition) is 1. The van der Waals surface area contributed by atoms with Crippen molar-refractivity contribution in [3.05, 3.63) is 29.1 Å². The molecule has 0 unspecified atom stereocenters. The maximum absolute atomic E-state index is 5.60. The Morgan fingerprint density at radius 2 is 2.43 bits per heavy atom. The molecule has 0 amide bonds. The van der Waals surface area contributed by atoms with Gasteiger partial charge in [0.25, 0.3) is 0 Å². The van der Waals surface area contributed by atoms with Crippen molar-refractivity contribution in [2.45, 2.75) is 39.3 Å². The molecule has 1 aliphatic rings. The van der Waals surface area contributed by atoms with Gasteiger partial charge in [-0.25, -0.2) is 0 Å². The Morgan fingerprint density at radius 1 is 1.57 bits per heavy atom. The molecule has 0 atom stereocenters. The lowest BCUT2D eigenvalue weighted by molar-refractivity contribution is 0.655. The summed E-state index contributed by atoms with van der Waals surface area (Å²) in [5.41, 5.74) is 9.33. The summed E-state index contributed by atoms with van der Waals surface area (Å²) in [5, 5.41) is 4.44. The lowest BCUT2D eigenvalue weighted by Crippen LogP contribution is -2.00. The summed E-state index contributed by atoms with van der Waals surface area (Å²) in [6.45, 7) is 3.55. The van der Waals surface area contributed by atoms with Gasteiger partial charge in [0.2, 0.25) is 0 Å². The summed E-state index contributed by atoms with van der Waals surface area (Å²) in [5.74, 6) is 0. The van der Waals surface area contributed by atoms with E-state index in [1.807, 2.05) is 11.6 Å². The second-order valence-electron chi connectivity index (χ2n) is 3.90. The number of aryl methyl sites for hydroxylation is 1. The first-order chi connectivity index (χ1) is 6.79. The molecule has 0 saturated carbocycles. The highest BCUT2D eigenvalue weighted by Gasteiger charge is 2.07. The van der Waals surface area contributed by atoms with E-state index in [0.29, 0.717) is 6.54 Å². The topological polar surface area (TPSA) is 43.8 Å². The normalized spacial score (nSPS) is 16.0. The van der Waals surface area contributed by atoms with Crippen molar-refractivity contribution in [3.63, 3.8) is 0 Å². The molecule has 76 valence electrons. The largest absolute Gasteiger partial charge is 0.326 e. The molecule has 3 heteroatoms. The Hall–Kier alpha value is -1.09. The maximum Gasteiger partial charge on any atom is 0.0638 e. The van der Waals surface area contributed by atoms with Crippen LogP contribution in [0.15, 0.2) is 17.8 Å². The van der Waals surface area contributed by atoms with Crippen LogP contribution in [0.1, 0.15) is 30.5 Å². The zero-order valence-corrected chi connectivity index (χ0v) is 8.66. The average Bonchev–Trinajstić information content (AvgIpc) is 2.76. The zero-order chi connectivity index (χ0) is 9.97. The fourth-order valence-corrected chi connectivity index (χ4v) is 1.93. The van der Waals surface area contributed by atoms with Crippen molar-refractivity contribution in [3.8, 4) is 0 Å². The number of rotatable bonds is 3. The van der Waals surface area contributed by atoms with Crippen LogP contribution in [0.5, 0.6) is 0 Å². The number of nitrogens with zero attached hydrogens (tertiary/aromatic N) is 2. The molecule has 2 rings (SSSR count). The molecule has 0 fully saturated rings. The molecule has 1 aromatic rings. The van der Waals surface area contributed by atoms with Crippen LogP contribution < -0.4 is 5.73 Å². The van der Waals surface area contributed by atoms with Crippen LogP contribution in [0.2, 0.25) is 0 Å². The molecular formula is C11H17N3. The van der Waals surface area contributed by atoms with E-state index in [0.717, 1.165) is 17.8 Å². The Kier molecular flexibility index (Phi) is 2.68. The van der Waals surface area contributed by atoms with E-state index in [1.165, 1.54) is 24.8 Å². The van der Waals surface area contributed by atoms with Gasteiger partial charge >= 0.3 is 0 Å². The molecule has 1 aliphatic carbocycles. The van der Waals surface area contributed by atoms with Crippen molar-refractivity contribution in [2.24, 2.45) is 5.73 Å². The number of hydrogen-bond acceptors (Lipinski definition) is 2. The molecule has 0 aromatic carbocycles. The monoisotopic (exact) mass is 191 g/mol. The smallest absolute Gasteiger partial charge is 0.0638 e. The van der Waals surface area contributed by atoms with E-state index in [-0.39, 0.29) is 0 Å². The molecule has 0 bridgehead atoms. The van der Waals surface area contributed by atoms with Crippen LogP contribution >= 0.6 is 0 Å². The summed E-state index contributed by atoms with van der Waals surface area (Å²) in [6.07, 6.45) is 8.17. The Morgan fingerprint density at radius 3 is 3.00 bits per heavy atom. The summed E-state index contributed by atoms with van der Waals surface area (Å²) >= 11 is 0. The van der Waals surface area contributed by atoms with Gasteiger partial charge in [-0.05, 0) is 26.2 Å². The number of aromatic nitrogens is 2. The van der Waals surface area contributed by atoms with E-state index in [2.05, 4.69) is 17.4 Å². The molecule has 0 radical (unpaired) electrons. The Balaban J connectivity index is 2.09. The lowest BCUT2D eigenvalue weighted by Gasteiger charge is -2.01. The molecule has 0 aliphatic heterocycles. The van der Waals surface area contributed by atoms with Crippen molar-refractivity contribution in [2.75, 3.05) is 0 Å². The third-order valence-electron chi connectivity index (χ3n) is 2.77. The van der Waals surface area contributed by atoms with E-state index < -0.39 is 0 Å². The first-order valence-corrected chi connectivity index (χ1v) is 5.20. The summed E-state index contributed by atoms with van der Waals surface area (Å²) < 4.78 is 2.01. The standard InChI is InChI=1S/C11H17N3/c1-9-11(6-12)8-14(13-9)7-10-4-2-3-5-10/h4,8H,2-3,5-7,12H2,1H3. The van der Waals surface area contributed by atoms with Gasteiger partial charge in [-0.2, -0.15) is 5.10 Å². The Labute approximate surface area is 84.6 Å². The zero-order valence-electron chi connectivity index (χ0n) is 8.66. The minimum absolute atomic E-state index is 0.588. The molecule has 3 nitrogen and oxygen atoms in total. The van der Waals surface area contributed by atoms with Crippen LogP contribution in [-0.4, -0.2) is 9.78 Å². The molecule has 1 heterocycles. The fraction of sp³-hybridized carbons (Fsp3) is 0.545. The van der Waals surface area contributed by atoms with Gasteiger partial charge in [0.1, 0.15) is 0 Å². The minimum Gasteiger partial charge on any atom is -0.326 e. The van der Waals surface area contributed by atoms with Gasteiger partial charge in [-0.3, -0.25) is 4.68 Å². The first-order valence-electron chi connectivity index (χ1n) is 5.20. The van der Waals surface area contributed by atoms with Crippen LogP contribution in [0.3, 0.4) is 0 Å². The molecule has 2 N–H and O–H groups in total. The number of allylic oxidation sites excluding steroid dienone is 2. The quantitative estimate of drug-likeness (QED) is 0.740. The predicted molar refractivity (Wildman–Crippen MR) is 56.8 cm³/mol. The van der Waals surface area contributed by atoms with E-state index >= 15 is 0 Å². The van der Waals surface area contributed by atoms with Crippen molar-refractivity contribution < 1.29 is 0 Å². The molecule has 1 aromatic heterocycles. The second-order valence-corrected chi connectivity index (χ2v) is 3.90. The van der Waals surface area contributed by atoms with Crippen LogP contribution in [0.25, 0.3) is 0 Å². The fourth-order valence-electron chi connectivity index (χ4n) is 1.93. The van der Waals surface area contributed by atoms with Crippen molar-refractivity contribution >= 4 is 0 Å². The minimum atomic E-state index is 0.588. The number of nitrogens with two attached hydrogens (primary N) is 1. The highest BCUT2D eigenvalue weighted by Crippen LogP contribution is 2.19. The SMILES string of the molecule is Cc1nn(CC2=CCCC2)cc1CN.